The van der Waals surface area contributed by atoms with Crippen molar-refractivity contribution in [3.63, 3.8) is 0 Å². The lowest BCUT2D eigenvalue weighted by atomic mass is 10.2. The summed E-state index contributed by atoms with van der Waals surface area (Å²) in [6, 6.07) is 3.77. The van der Waals surface area contributed by atoms with Gasteiger partial charge < -0.3 is 11.1 Å². The maximum Gasteiger partial charge on any atom is 0.239 e. The van der Waals surface area contributed by atoms with Crippen molar-refractivity contribution in [3.05, 3.63) is 28.5 Å². The third-order valence-corrected chi connectivity index (χ3v) is 2.67. The molecule has 1 aromatic carbocycles. The zero-order valence-electron chi connectivity index (χ0n) is 8.26. The Kier molecular flexibility index (Phi) is 4.08. The van der Waals surface area contributed by atoms with Crippen molar-refractivity contribution in [2.24, 2.45) is 5.73 Å². The minimum atomic E-state index is -0.438. The average molecular weight is 275 g/mol. The summed E-state index contributed by atoms with van der Waals surface area (Å²) in [5, 5.41) is 2.94. The molecule has 3 N–H and O–H groups in total. The Hall–Kier alpha value is -1.10. The summed E-state index contributed by atoms with van der Waals surface area (Å²) in [4.78, 5) is 11.0. The van der Waals surface area contributed by atoms with E-state index in [0.29, 0.717) is 16.6 Å². The van der Waals surface area contributed by atoms with E-state index < -0.39 is 11.9 Å². The lowest BCUT2D eigenvalue weighted by molar-refractivity contribution is -0.118. The van der Waals surface area contributed by atoms with E-state index >= 15 is 0 Å². The number of nitrogens with one attached hydrogen (secondary N) is 1. The normalized spacial score (nSPS) is 12.2. The Morgan fingerprint density at radius 3 is 2.80 bits per heavy atom. The summed E-state index contributed by atoms with van der Waals surface area (Å²) in [5.41, 5.74) is 5.84. The summed E-state index contributed by atoms with van der Waals surface area (Å²) in [7, 11) is 0. The number of carbonyl (C=O) groups is 1. The molecule has 0 aliphatic heterocycles. The highest BCUT2D eigenvalue weighted by Gasteiger charge is 2.13. The third-order valence-electron chi connectivity index (χ3n) is 2.01. The lowest BCUT2D eigenvalue weighted by Crippen LogP contribution is -2.34. The van der Waals surface area contributed by atoms with Crippen molar-refractivity contribution in [1.29, 1.82) is 0 Å². The van der Waals surface area contributed by atoms with Crippen molar-refractivity contribution < 1.29 is 9.18 Å². The molecule has 0 fully saturated rings. The Morgan fingerprint density at radius 1 is 1.67 bits per heavy atom. The molecule has 0 saturated heterocycles. The molecule has 3 nitrogen and oxygen atoms in total. The number of rotatable bonds is 4. The van der Waals surface area contributed by atoms with Gasteiger partial charge in [-0.1, -0.05) is 6.92 Å². The fourth-order valence-electron chi connectivity index (χ4n) is 1.17. The van der Waals surface area contributed by atoms with Crippen LogP contribution in [0.15, 0.2) is 22.7 Å². The van der Waals surface area contributed by atoms with Gasteiger partial charge in [0, 0.05) is 10.2 Å². The van der Waals surface area contributed by atoms with Gasteiger partial charge in [-0.15, -0.1) is 0 Å². The van der Waals surface area contributed by atoms with Gasteiger partial charge in [-0.05, 0) is 40.5 Å². The van der Waals surface area contributed by atoms with Gasteiger partial charge in [0.25, 0.3) is 0 Å². The first-order chi connectivity index (χ1) is 7.04. The van der Waals surface area contributed by atoms with Gasteiger partial charge in [-0.25, -0.2) is 4.39 Å². The molecule has 0 bridgehead atoms. The second kappa shape index (κ2) is 5.11. The van der Waals surface area contributed by atoms with Crippen molar-refractivity contribution in [3.8, 4) is 0 Å². The van der Waals surface area contributed by atoms with Crippen LogP contribution in [0.25, 0.3) is 0 Å². The van der Waals surface area contributed by atoms with Crippen LogP contribution >= 0.6 is 15.9 Å². The second-order valence-corrected chi connectivity index (χ2v) is 3.99. The van der Waals surface area contributed by atoms with Gasteiger partial charge >= 0.3 is 0 Å². The van der Waals surface area contributed by atoms with Crippen LogP contribution in [0.2, 0.25) is 0 Å². The van der Waals surface area contributed by atoms with Crippen molar-refractivity contribution in [2.75, 3.05) is 5.32 Å². The molecule has 0 heterocycles. The van der Waals surface area contributed by atoms with E-state index in [1.807, 2.05) is 6.92 Å². The zero-order chi connectivity index (χ0) is 11.4. The van der Waals surface area contributed by atoms with Crippen molar-refractivity contribution in [2.45, 2.75) is 19.4 Å². The zero-order valence-corrected chi connectivity index (χ0v) is 9.84. The van der Waals surface area contributed by atoms with Crippen LogP contribution in [0.5, 0.6) is 0 Å². The van der Waals surface area contributed by atoms with Gasteiger partial charge in [0.05, 0.1) is 0 Å². The van der Waals surface area contributed by atoms with Gasteiger partial charge in [0.2, 0.25) is 5.91 Å². The fourth-order valence-corrected chi connectivity index (χ4v) is 1.63. The summed E-state index contributed by atoms with van der Waals surface area (Å²) >= 11 is 3.20. The molecule has 1 unspecified atom stereocenters. The van der Waals surface area contributed by atoms with Crippen LogP contribution in [0.1, 0.15) is 13.3 Å². The molecule has 0 spiro atoms. The molecule has 1 aromatic rings. The van der Waals surface area contributed by atoms with Crippen LogP contribution in [0, 0.1) is 5.82 Å². The molecule has 15 heavy (non-hydrogen) atoms. The first-order valence-electron chi connectivity index (χ1n) is 4.55. The standard InChI is InChI=1S/C10H12BrFN2O/c1-2-8(10(13)15)14-9-4-3-6(12)5-7(9)11/h3-5,8,14H,2H2,1H3,(H2,13,15). The Bertz CT molecular complexity index is 370. The minimum Gasteiger partial charge on any atom is -0.373 e. The number of primary amides is 1. The third kappa shape index (κ3) is 3.20. The van der Waals surface area contributed by atoms with Gasteiger partial charge in [-0.3, -0.25) is 4.79 Å². The molecule has 0 aliphatic rings. The molecule has 1 rings (SSSR count). The number of benzene rings is 1. The largest absolute Gasteiger partial charge is 0.373 e. The van der Waals surface area contributed by atoms with Crippen LogP contribution in [-0.4, -0.2) is 11.9 Å². The minimum absolute atomic E-state index is 0.334. The predicted molar refractivity (Wildman–Crippen MR) is 61.0 cm³/mol. The van der Waals surface area contributed by atoms with E-state index in [0.717, 1.165) is 0 Å². The number of anilines is 1. The molecular formula is C10H12BrFN2O. The van der Waals surface area contributed by atoms with Crippen LogP contribution < -0.4 is 11.1 Å². The molecule has 0 radical (unpaired) electrons. The molecule has 0 aliphatic carbocycles. The quantitative estimate of drug-likeness (QED) is 0.885. The number of hydrogen-bond donors (Lipinski definition) is 2. The van der Waals surface area contributed by atoms with Crippen LogP contribution in [0.4, 0.5) is 10.1 Å². The fraction of sp³-hybridized carbons (Fsp3) is 0.300. The number of carbonyl (C=O) groups excluding carboxylic acids is 1. The van der Waals surface area contributed by atoms with Crippen molar-refractivity contribution in [1.82, 2.24) is 0 Å². The molecule has 82 valence electrons. The van der Waals surface area contributed by atoms with Gasteiger partial charge in [-0.2, -0.15) is 0 Å². The topological polar surface area (TPSA) is 55.1 Å². The molecule has 0 aromatic heterocycles. The van der Waals surface area contributed by atoms with Crippen molar-refractivity contribution >= 4 is 27.5 Å². The first-order valence-corrected chi connectivity index (χ1v) is 5.34. The maximum absolute atomic E-state index is 12.8. The molecular weight excluding hydrogens is 263 g/mol. The number of nitrogens with two attached hydrogens (primary N) is 1. The molecule has 0 saturated carbocycles. The highest BCUT2D eigenvalue weighted by atomic mass is 79.9. The Morgan fingerprint density at radius 2 is 2.33 bits per heavy atom. The maximum atomic E-state index is 12.8. The second-order valence-electron chi connectivity index (χ2n) is 3.13. The van der Waals surface area contributed by atoms with Crippen LogP contribution in [-0.2, 0) is 4.79 Å². The molecule has 1 atom stereocenters. The summed E-state index contributed by atoms with van der Waals surface area (Å²) < 4.78 is 13.3. The highest BCUT2D eigenvalue weighted by Crippen LogP contribution is 2.23. The monoisotopic (exact) mass is 274 g/mol. The lowest BCUT2D eigenvalue weighted by Gasteiger charge is -2.15. The van der Waals surface area contributed by atoms with Gasteiger partial charge in [0.15, 0.2) is 0 Å². The highest BCUT2D eigenvalue weighted by molar-refractivity contribution is 9.10. The Labute approximate surface area is 96.0 Å². The van der Waals surface area contributed by atoms with E-state index in [1.165, 1.54) is 12.1 Å². The molecule has 5 heteroatoms. The first kappa shape index (κ1) is 12.0. The Balaban J connectivity index is 2.84. The summed E-state index contributed by atoms with van der Waals surface area (Å²) in [5.74, 6) is -0.756. The van der Waals surface area contributed by atoms with Gasteiger partial charge in [0.1, 0.15) is 11.9 Å². The number of halogens is 2. The molecule has 1 amide bonds. The number of amides is 1. The van der Waals surface area contributed by atoms with E-state index in [1.54, 1.807) is 6.07 Å². The van der Waals surface area contributed by atoms with Crippen LogP contribution in [0.3, 0.4) is 0 Å². The SMILES string of the molecule is CCC(Nc1ccc(F)cc1Br)C(N)=O. The smallest absolute Gasteiger partial charge is 0.239 e. The van der Waals surface area contributed by atoms with E-state index in [2.05, 4.69) is 21.2 Å². The van der Waals surface area contributed by atoms with E-state index in [9.17, 15) is 9.18 Å². The predicted octanol–water partition coefficient (Wildman–Crippen LogP) is 2.26. The van der Waals surface area contributed by atoms with E-state index in [-0.39, 0.29) is 5.82 Å². The number of hydrogen-bond acceptors (Lipinski definition) is 2. The summed E-state index contributed by atoms with van der Waals surface area (Å²) in [6.45, 7) is 1.85. The average Bonchev–Trinajstić information content (AvgIpc) is 2.16. The van der Waals surface area contributed by atoms with E-state index in [4.69, 9.17) is 5.73 Å². The summed E-state index contributed by atoms with van der Waals surface area (Å²) in [6.07, 6.45) is 0.582.